The quantitative estimate of drug-likeness (QED) is 0.859. The van der Waals surface area contributed by atoms with E-state index in [2.05, 4.69) is 0 Å². The average Bonchev–Trinajstić information content (AvgIpc) is 3.19. The summed E-state index contributed by atoms with van der Waals surface area (Å²) >= 11 is 0. The van der Waals surface area contributed by atoms with Crippen molar-refractivity contribution in [3.63, 3.8) is 0 Å². The van der Waals surface area contributed by atoms with Crippen LogP contribution in [0.5, 0.6) is 5.75 Å². The minimum atomic E-state index is -0.911. The molecular formula is C17H21NO5. The number of benzene rings is 1. The van der Waals surface area contributed by atoms with Crippen LogP contribution in [0, 0.1) is 0 Å². The van der Waals surface area contributed by atoms with Crippen LogP contribution in [0.4, 0.5) is 0 Å². The molecule has 0 aromatic heterocycles. The summed E-state index contributed by atoms with van der Waals surface area (Å²) in [6.45, 7) is 1.32. The highest BCUT2D eigenvalue weighted by Crippen LogP contribution is 2.29. The Bertz CT molecular complexity index is 557. The van der Waals surface area contributed by atoms with Gasteiger partial charge in [-0.05, 0) is 24.5 Å². The van der Waals surface area contributed by atoms with Crippen LogP contribution in [0.25, 0.3) is 0 Å². The van der Waals surface area contributed by atoms with Crippen molar-refractivity contribution >= 4 is 11.9 Å². The van der Waals surface area contributed by atoms with Crippen molar-refractivity contribution in [2.75, 3.05) is 19.7 Å². The number of hydrogen-bond acceptors (Lipinski definition) is 4. The molecule has 0 spiro atoms. The van der Waals surface area contributed by atoms with E-state index < -0.39 is 12.1 Å². The summed E-state index contributed by atoms with van der Waals surface area (Å²) in [5, 5.41) is 8.91. The van der Waals surface area contributed by atoms with Crippen LogP contribution in [0.1, 0.15) is 24.8 Å². The topological polar surface area (TPSA) is 76.1 Å². The molecule has 2 heterocycles. The predicted octanol–water partition coefficient (Wildman–Crippen LogP) is 1.47. The van der Waals surface area contributed by atoms with Crippen molar-refractivity contribution in [2.45, 2.75) is 37.9 Å². The van der Waals surface area contributed by atoms with Gasteiger partial charge in [0.2, 0.25) is 0 Å². The van der Waals surface area contributed by atoms with Gasteiger partial charge >= 0.3 is 5.97 Å². The number of hydrogen-bond donors (Lipinski definition) is 1. The Hall–Kier alpha value is -2.08. The summed E-state index contributed by atoms with van der Waals surface area (Å²) in [4.78, 5) is 25.2. The Kier molecular flexibility index (Phi) is 4.81. The third-order valence-corrected chi connectivity index (χ3v) is 4.28. The molecule has 1 amide bonds. The zero-order valence-electron chi connectivity index (χ0n) is 12.9. The van der Waals surface area contributed by atoms with Crippen molar-refractivity contribution in [3.8, 4) is 5.75 Å². The van der Waals surface area contributed by atoms with Crippen LogP contribution in [-0.2, 0) is 20.7 Å². The maximum atomic E-state index is 12.8. The highest BCUT2D eigenvalue weighted by Gasteiger charge is 2.33. The number of carbonyl (C=O) groups excluding carboxylic acids is 1. The van der Waals surface area contributed by atoms with Crippen molar-refractivity contribution in [1.82, 2.24) is 4.90 Å². The second-order valence-corrected chi connectivity index (χ2v) is 5.98. The Morgan fingerprint density at radius 1 is 1.30 bits per heavy atom. The van der Waals surface area contributed by atoms with Crippen LogP contribution < -0.4 is 4.74 Å². The molecule has 2 aliphatic rings. The molecule has 3 rings (SSSR count). The van der Waals surface area contributed by atoms with E-state index in [1.54, 1.807) is 4.90 Å². The molecule has 0 unspecified atom stereocenters. The normalized spacial score (nSPS) is 22.4. The smallest absolute Gasteiger partial charge is 0.305 e. The molecular weight excluding hydrogens is 298 g/mol. The van der Waals surface area contributed by atoms with E-state index in [1.165, 1.54) is 0 Å². The van der Waals surface area contributed by atoms with E-state index in [0.717, 1.165) is 24.2 Å². The van der Waals surface area contributed by atoms with E-state index in [0.29, 0.717) is 19.6 Å². The van der Waals surface area contributed by atoms with Gasteiger partial charge in [0, 0.05) is 26.1 Å². The number of carboxylic acids is 1. The Morgan fingerprint density at radius 3 is 2.83 bits per heavy atom. The molecule has 23 heavy (non-hydrogen) atoms. The highest BCUT2D eigenvalue weighted by molar-refractivity contribution is 5.83. The lowest BCUT2D eigenvalue weighted by Crippen LogP contribution is -2.45. The van der Waals surface area contributed by atoms with E-state index in [-0.39, 0.29) is 25.0 Å². The van der Waals surface area contributed by atoms with Gasteiger partial charge in [0.15, 0.2) is 6.10 Å². The first kappa shape index (κ1) is 15.8. The molecule has 2 atom stereocenters. The minimum Gasteiger partial charge on any atom is -0.481 e. The molecule has 6 nitrogen and oxygen atoms in total. The minimum absolute atomic E-state index is 0.00322. The van der Waals surface area contributed by atoms with E-state index in [1.807, 2.05) is 24.3 Å². The molecule has 1 aromatic rings. The predicted molar refractivity (Wildman–Crippen MR) is 82.4 cm³/mol. The maximum Gasteiger partial charge on any atom is 0.305 e. The fraction of sp³-hybridized carbons (Fsp3) is 0.529. The van der Waals surface area contributed by atoms with Crippen molar-refractivity contribution < 1.29 is 24.2 Å². The molecule has 0 saturated carbocycles. The number of para-hydroxylation sites is 1. The second-order valence-electron chi connectivity index (χ2n) is 5.98. The van der Waals surface area contributed by atoms with Gasteiger partial charge in [-0.1, -0.05) is 18.2 Å². The Labute approximate surface area is 135 Å². The van der Waals surface area contributed by atoms with Gasteiger partial charge in [-0.2, -0.15) is 0 Å². The number of aliphatic carboxylic acids is 1. The molecule has 6 heteroatoms. The van der Waals surface area contributed by atoms with Crippen LogP contribution in [0.3, 0.4) is 0 Å². The summed E-state index contributed by atoms with van der Waals surface area (Å²) in [7, 11) is 0. The van der Waals surface area contributed by atoms with Crippen molar-refractivity contribution in [1.29, 1.82) is 0 Å². The first-order chi connectivity index (χ1) is 11.1. The summed E-state index contributed by atoms with van der Waals surface area (Å²) in [6.07, 6.45) is 1.78. The lowest BCUT2D eigenvalue weighted by Gasteiger charge is -2.27. The molecule has 1 fully saturated rings. The first-order valence-electron chi connectivity index (χ1n) is 8.00. The highest BCUT2D eigenvalue weighted by atomic mass is 16.5. The Balaban J connectivity index is 1.65. The number of rotatable bonds is 6. The van der Waals surface area contributed by atoms with Gasteiger partial charge in [-0.25, -0.2) is 0 Å². The zero-order chi connectivity index (χ0) is 16.2. The van der Waals surface area contributed by atoms with E-state index in [4.69, 9.17) is 14.6 Å². The molecule has 1 aromatic carbocycles. The molecule has 0 aliphatic carbocycles. The average molecular weight is 319 g/mol. The third kappa shape index (κ3) is 3.82. The van der Waals surface area contributed by atoms with Crippen LogP contribution >= 0.6 is 0 Å². The number of carbonyl (C=O) groups is 2. The van der Waals surface area contributed by atoms with Crippen molar-refractivity contribution in [2.24, 2.45) is 0 Å². The van der Waals surface area contributed by atoms with Gasteiger partial charge in [-0.15, -0.1) is 0 Å². The summed E-state index contributed by atoms with van der Waals surface area (Å²) in [5.74, 6) is -0.329. The molecule has 0 bridgehead atoms. The molecule has 1 N–H and O–H groups in total. The number of fused-ring (bicyclic) bond motifs is 1. The SMILES string of the molecule is O=C(O)CCN(C[C@@H]1CCCO1)C(=O)[C@H]1Cc2ccccc2O1. The summed E-state index contributed by atoms with van der Waals surface area (Å²) < 4.78 is 11.3. The molecule has 2 aliphatic heterocycles. The number of nitrogens with zero attached hydrogens (tertiary/aromatic N) is 1. The monoisotopic (exact) mass is 319 g/mol. The number of ether oxygens (including phenoxy) is 2. The second kappa shape index (κ2) is 7.00. The molecule has 0 radical (unpaired) electrons. The lowest BCUT2D eigenvalue weighted by molar-refractivity contribution is -0.142. The Morgan fingerprint density at radius 2 is 2.13 bits per heavy atom. The lowest BCUT2D eigenvalue weighted by atomic mass is 10.1. The van der Waals surface area contributed by atoms with Crippen LogP contribution in [0.2, 0.25) is 0 Å². The van der Waals surface area contributed by atoms with Crippen LogP contribution in [-0.4, -0.2) is 53.8 Å². The van der Waals surface area contributed by atoms with Gasteiger partial charge < -0.3 is 19.5 Å². The van der Waals surface area contributed by atoms with Gasteiger partial charge in [0.1, 0.15) is 5.75 Å². The van der Waals surface area contributed by atoms with Gasteiger partial charge in [0.05, 0.1) is 12.5 Å². The van der Waals surface area contributed by atoms with E-state index in [9.17, 15) is 9.59 Å². The fourth-order valence-electron chi connectivity index (χ4n) is 3.08. The van der Waals surface area contributed by atoms with Gasteiger partial charge in [-0.3, -0.25) is 9.59 Å². The standard InChI is InChI=1S/C17H21NO5/c19-16(20)7-8-18(11-13-5-3-9-22-13)17(21)15-10-12-4-1-2-6-14(12)23-15/h1-2,4,6,13,15H,3,5,7-11H2,(H,19,20)/t13-,15+/m0/s1. The zero-order valence-corrected chi connectivity index (χ0v) is 12.9. The molecule has 124 valence electrons. The summed E-state index contributed by atoms with van der Waals surface area (Å²) in [6, 6.07) is 7.60. The third-order valence-electron chi connectivity index (χ3n) is 4.28. The first-order valence-corrected chi connectivity index (χ1v) is 8.00. The largest absolute Gasteiger partial charge is 0.481 e. The van der Waals surface area contributed by atoms with E-state index >= 15 is 0 Å². The number of carboxylic acid groups (broad SMARTS) is 1. The number of amides is 1. The molecule has 1 saturated heterocycles. The maximum absolute atomic E-state index is 12.8. The summed E-state index contributed by atoms with van der Waals surface area (Å²) in [5.41, 5.74) is 1.01. The fourth-order valence-corrected chi connectivity index (χ4v) is 3.08. The van der Waals surface area contributed by atoms with Crippen LogP contribution in [0.15, 0.2) is 24.3 Å². The van der Waals surface area contributed by atoms with Gasteiger partial charge in [0.25, 0.3) is 5.91 Å². The van der Waals surface area contributed by atoms with Crippen molar-refractivity contribution in [3.05, 3.63) is 29.8 Å².